The molecule has 0 fully saturated rings. The van der Waals surface area contributed by atoms with Crippen LogP contribution >= 0.6 is 15.9 Å². The standard InChI is InChI=1S/C15H16BrNO2/c1-11-8-9-13(19-11)14(18)17-15(2,10-16)12-6-4-3-5-7-12/h3-9H,10H2,1-2H3,(H,17,18). The molecule has 2 aromatic rings. The summed E-state index contributed by atoms with van der Waals surface area (Å²) in [5.41, 5.74) is 0.572. The summed E-state index contributed by atoms with van der Waals surface area (Å²) in [7, 11) is 0. The van der Waals surface area contributed by atoms with E-state index in [9.17, 15) is 4.79 Å². The number of nitrogens with one attached hydrogen (secondary N) is 1. The van der Waals surface area contributed by atoms with E-state index in [-0.39, 0.29) is 5.91 Å². The minimum atomic E-state index is -0.473. The van der Waals surface area contributed by atoms with E-state index < -0.39 is 5.54 Å². The van der Waals surface area contributed by atoms with Gasteiger partial charge in [-0.25, -0.2) is 0 Å². The molecule has 1 aromatic carbocycles. The molecule has 0 saturated heterocycles. The molecule has 1 atom stereocenters. The number of hydrogen-bond donors (Lipinski definition) is 1. The number of halogens is 1. The summed E-state index contributed by atoms with van der Waals surface area (Å²) < 4.78 is 5.34. The Balaban J connectivity index is 2.22. The SMILES string of the molecule is Cc1ccc(C(=O)NC(C)(CBr)c2ccccc2)o1. The second-order valence-electron chi connectivity index (χ2n) is 4.70. The predicted octanol–water partition coefficient (Wildman–Crippen LogP) is 3.63. The minimum absolute atomic E-state index is 0.209. The van der Waals surface area contributed by atoms with E-state index in [0.29, 0.717) is 11.1 Å². The number of rotatable bonds is 4. The molecule has 4 heteroatoms. The largest absolute Gasteiger partial charge is 0.456 e. The van der Waals surface area contributed by atoms with E-state index in [2.05, 4.69) is 21.2 Å². The molecule has 1 aromatic heterocycles. The number of aryl methyl sites for hydroxylation is 1. The van der Waals surface area contributed by atoms with Gasteiger partial charge in [-0.05, 0) is 31.5 Å². The maximum Gasteiger partial charge on any atom is 0.287 e. The molecular weight excluding hydrogens is 306 g/mol. The zero-order valence-corrected chi connectivity index (χ0v) is 12.5. The lowest BCUT2D eigenvalue weighted by Crippen LogP contribution is -2.44. The maximum absolute atomic E-state index is 12.2. The molecular formula is C15H16BrNO2. The van der Waals surface area contributed by atoms with Gasteiger partial charge in [0.1, 0.15) is 5.76 Å². The Morgan fingerprint density at radius 2 is 1.95 bits per heavy atom. The van der Waals surface area contributed by atoms with Crippen molar-refractivity contribution in [2.75, 3.05) is 5.33 Å². The van der Waals surface area contributed by atoms with Gasteiger partial charge in [0.05, 0.1) is 5.54 Å². The fourth-order valence-corrected chi connectivity index (χ4v) is 2.32. The fraction of sp³-hybridized carbons (Fsp3) is 0.267. The lowest BCUT2D eigenvalue weighted by Gasteiger charge is -2.29. The van der Waals surface area contributed by atoms with E-state index in [4.69, 9.17) is 4.42 Å². The van der Waals surface area contributed by atoms with Crippen molar-refractivity contribution < 1.29 is 9.21 Å². The smallest absolute Gasteiger partial charge is 0.287 e. The van der Waals surface area contributed by atoms with Crippen LogP contribution in [0.3, 0.4) is 0 Å². The van der Waals surface area contributed by atoms with Crippen LogP contribution < -0.4 is 5.32 Å². The molecule has 0 spiro atoms. The van der Waals surface area contributed by atoms with Gasteiger partial charge in [0.2, 0.25) is 0 Å². The van der Waals surface area contributed by atoms with E-state index in [1.54, 1.807) is 12.1 Å². The highest BCUT2D eigenvalue weighted by Crippen LogP contribution is 2.23. The lowest BCUT2D eigenvalue weighted by molar-refractivity contribution is 0.0884. The monoisotopic (exact) mass is 321 g/mol. The molecule has 0 saturated carbocycles. The number of carbonyl (C=O) groups excluding carboxylic acids is 1. The summed E-state index contributed by atoms with van der Waals surface area (Å²) in [6, 6.07) is 13.3. The maximum atomic E-state index is 12.2. The predicted molar refractivity (Wildman–Crippen MR) is 78.5 cm³/mol. The molecule has 100 valence electrons. The van der Waals surface area contributed by atoms with Gasteiger partial charge in [-0.3, -0.25) is 4.79 Å². The Labute approximate surface area is 121 Å². The van der Waals surface area contributed by atoms with E-state index in [0.717, 1.165) is 11.3 Å². The summed E-state index contributed by atoms with van der Waals surface area (Å²) in [6.45, 7) is 3.79. The molecule has 2 rings (SSSR count). The summed E-state index contributed by atoms with van der Waals surface area (Å²) >= 11 is 3.47. The Bertz CT molecular complexity index is 565. The molecule has 1 unspecified atom stereocenters. The van der Waals surface area contributed by atoms with Crippen LogP contribution in [0.15, 0.2) is 46.9 Å². The summed E-state index contributed by atoms with van der Waals surface area (Å²) in [4.78, 5) is 12.2. The summed E-state index contributed by atoms with van der Waals surface area (Å²) in [5.74, 6) is 0.852. The van der Waals surface area contributed by atoms with Crippen molar-refractivity contribution >= 4 is 21.8 Å². The van der Waals surface area contributed by atoms with E-state index in [1.165, 1.54) is 0 Å². The van der Waals surface area contributed by atoms with Crippen molar-refractivity contribution in [3.63, 3.8) is 0 Å². The van der Waals surface area contributed by atoms with Crippen LogP contribution in [-0.2, 0) is 5.54 Å². The second kappa shape index (κ2) is 5.61. The first-order chi connectivity index (χ1) is 9.05. The van der Waals surface area contributed by atoms with Crippen LogP contribution in [-0.4, -0.2) is 11.2 Å². The Hall–Kier alpha value is -1.55. The molecule has 0 radical (unpaired) electrons. The van der Waals surface area contributed by atoms with Crippen molar-refractivity contribution in [3.05, 3.63) is 59.5 Å². The molecule has 1 amide bonds. The first kappa shape index (κ1) is 13.9. The van der Waals surface area contributed by atoms with Gasteiger partial charge in [0.25, 0.3) is 5.91 Å². The van der Waals surface area contributed by atoms with E-state index >= 15 is 0 Å². The normalized spacial score (nSPS) is 13.8. The Kier molecular flexibility index (Phi) is 4.10. The zero-order chi connectivity index (χ0) is 13.9. The fourth-order valence-electron chi connectivity index (χ4n) is 1.86. The van der Waals surface area contributed by atoms with Crippen LogP contribution in [0.1, 0.15) is 28.8 Å². The number of alkyl halides is 1. The molecule has 1 N–H and O–H groups in total. The first-order valence-electron chi connectivity index (χ1n) is 6.05. The van der Waals surface area contributed by atoms with Crippen molar-refractivity contribution in [2.24, 2.45) is 0 Å². The van der Waals surface area contributed by atoms with Crippen LogP contribution in [0.25, 0.3) is 0 Å². The molecule has 3 nitrogen and oxygen atoms in total. The highest BCUT2D eigenvalue weighted by molar-refractivity contribution is 9.09. The minimum Gasteiger partial charge on any atom is -0.456 e. The number of benzene rings is 1. The van der Waals surface area contributed by atoms with Crippen LogP contribution in [0, 0.1) is 6.92 Å². The lowest BCUT2D eigenvalue weighted by atomic mass is 9.94. The molecule has 0 bridgehead atoms. The molecule has 19 heavy (non-hydrogen) atoms. The number of hydrogen-bond acceptors (Lipinski definition) is 2. The van der Waals surface area contributed by atoms with Crippen LogP contribution in [0.5, 0.6) is 0 Å². The van der Waals surface area contributed by atoms with Gasteiger partial charge in [-0.1, -0.05) is 46.3 Å². The van der Waals surface area contributed by atoms with Gasteiger partial charge >= 0.3 is 0 Å². The summed E-state index contributed by atoms with van der Waals surface area (Å²) in [6.07, 6.45) is 0. The van der Waals surface area contributed by atoms with Crippen molar-refractivity contribution in [1.29, 1.82) is 0 Å². The van der Waals surface area contributed by atoms with Gasteiger partial charge in [0.15, 0.2) is 5.76 Å². The van der Waals surface area contributed by atoms with Crippen LogP contribution in [0.4, 0.5) is 0 Å². The number of furan rings is 1. The van der Waals surface area contributed by atoms with Crippen molar-refractivity contribution in [1.82, 2.24) is 5.32 Å². The first-order valence-corrected chi connectivity index (χ1v) is 7.18. The Morgan fingerprint density at radius 1 is 1.26 bits per heavy atom. The van der Waals surface area contributed by atoms with Gasteiger partial charge in [0, 0.05) is 5.33 Å². The van der Waals surface area contributed by atoms with E-state index in [1.807, 2.05) is 44.2 Å². The third-order valence-electron chi connectivity index (χ3n) is 3.03. The molecule has 1 heterocycles. The highest BCUT2D eigenvalue weighted by atomic mass is 79.9. The van der Waals surface area contributed by atoms with Crippen molar-refractivity contribution in [3.8, 4) is 0 Å². The summed E-state index contributed by atoms with van der Waals surface area (Å²) in [5, 5.41) is 3.63. The van der Waals surface area contributed by atoms with Gasteiger partial charge in [-0.15, -0.1) is 0 Å². The third kappa shape index (κ3) is 3.07. The highest BCUT2D eigenvalue weighted by Gasteiger charge is 2.28. The third-order valence-corrected chi connectivity index (χ3v) is 4.15. The second-order valence-corrected chi connectivity index (χ2v) is 5.26. The van der Waals surface area contributed by atoms with Gasteiger partial charge < -0.3 is 9.73 Å². The van der Waals surface area contributed by atoms with Crippen molar-refractivity contribution in [2.45, 2.75) is 19.4 Å². The topological polar surface area (TPSA) is 42.2 Å². The van der Waals surface area contributed by atoms with Gasteiger partial charge in [-0.2, -0.15) is 0 Å². The average molecular weight is 322 g/mol. The average Bonchev–Trinajstić information content (AvgIpc) is 2.86. The molecule has 0 aliphatic rings. The molecule has 0 aliphatic heterocycles. The molecule has 0 aliphatic carbocycles. The quantitative estimate of drug-likeness (QED) is 0.874. The number of amides is 1. The number of carbonyl (C=O) groups is 1. The Morgan fingerprint density at radius 3 is 2.47 bits per heavy atom. The van der Waals surface area contributed by atoms with Crippen LogP contribution in [0.2, 0.25) is 0 Å². The zero-order valence-electron chi connectivity index (χ0n) is 10.9.